The summed E-state index contributed by atoms with van der Waals surface area (Å²) >= 11 is 0. The molecular weight excluding hydrogens is 416 g/mol. The van der Waals surface area contributed by atoms with Crippen molar-refractivity contribution in [3.63, 3.8) is 0 Å². The van der Waals surface area contributed by atoms with Crippen LogP contribution in [-0.2, 0) is 43.2 Å². The van der Waals surface area contributed by atoms with Crippen molar-refractivity contribution in [2.24, 2.45) is 5.73 Å². The molecule has 1 aliphatic rings. The number of ether oxygens (including phenoxy) is 4. The largest absolute Gasteiger partial charge is 0.489 e. The van der Waals surface area contributed by atoms with Gasteiger partial charge in [0.2, 0.25) is 0 Å². The highest BCUT2D eigenvalue weighted by Gasteiger charge is 2.33. The van der Waals surface area contributed by atoms with Crippen LogP contribution in [-0.4, -0.2) is 51.5 Å². The summed E-state index contributed by atoms with van der Waals surface area (Å²) in [6, 6.07) is 12.5. The number of methoxy groups -OCH3 is 2. The third kappa shape index (κ3) is 5.76. The number of rotatable bonds is 9. The van der Waals surface area contributed by atoms with Gasteiger partial charge in [0, 0.05) is 17.8 Å². The lowest BCUT2D eigenvalue weighted by molar-refractivity contribution is -0.140. The maximum absolute atomic E-state index is 12.3. The van der Waals surface area contributed by atoms with Crippen molar-refractivity contribution in [1.29, 1.82) is 0 Å². The molecule has 0 saturated carbocycles. The van der Waals surface area contributed by atoms with Crippen molar-refractivity contribution in [3.8, 4) is 5.75 Å². The van der Waals surface area contributed by atoms with Gasteiger partial charge in [0.05, 0.1) is 33.6 Å². The minimum Gasteiger partial charge on any atom is -0.489 e. The molecule has 0 aromatic heterocycles. The van der Waals surface area contributed by atoms with Gasteiger partial charge in [-0.3, -0.25) is 14.5 Å². The summed E-state index contributed by atoms with van der Waals surface area (Å²) in [5, 5.41) is 0. The van der Waals surface area contributed by atoms with Gasteiger partial charge in [0.15, 0.2) is 6.10 Å². The lowest BCUT2D eigenvalue weighted by Gasteiger charge is -2.15. The topological polar surface area (TPSA) is 117 Å². The highest BCUT2D eigenvalue weighted by molar-refractivity contribution is 5.89. The molecule has 2 aromatic rings. The zero-order chi connectivity index (χ0) is 23.1. The summed E-state index contributed by atoms with van der Waals surface area (Å²) in [4.78, 5) is 37.2. The molecule has 1 unspecified atom stereocenters. The van der Waals surface area contributed by atoms with Crippen molar-refractivity contribution >= 4 is 23.7 Å². The number of benzene rings is 2. The number of carbonyl (C=O) groups excluding carboxylic acids is 3. The average molecular weight is 442 g/mol. The molecule has 3 rings (SSSR count). The monoisotopic (exact) mass is 442 g/mol. The van der Waals surface area contributed by atoms with Crippen molar-refractivity contribution < 1.29 is 33.3 Å². The number of nitrogens with two attached hydrogens (primary N) is 1. The molecule has 32 heavy (non-hydrogen) atoms. The van der Waals surface area contributed by atoms with Crippen LogP contribution in [0.1, 0.15) is 16.7 Å². The number of cyclic esters (lactones) is 1. The molecule has 1 heterocycles. The van der Waals surface area contributed by atoms with E-state index in [1.165, 1.54) is 19.1 Å². The van der Waals surface area contributed by atoms with E-state index in [1.54, 1.807) is 18.2 Å². The van der Waals surface area contributed by atoms with Crippen molar-refractivity contribution in [2.45, 2.75) is 25.5 Å². The van der Waals surface area contributed by atoms with Gasteiger partial charge in [0.25, 0.3) is 0 Å². The van der Waals surface area contributed by atoms with Gasteiger partial charge >= 0.3 is 18.0 Å². The average Bonchev–Trinajstić information content (AvgIpc) is 3.19. The smallest absolute Gasteiger partial charge is 0.414 e. The van der Waals surface area contributed by atoms with Gasteiger partial charge in [-0.15, -0.1) is 0 Å². The number of nitrogens with zero attached hydrogens (tertiary/aromatic N) is 1. The first-order valence-corrected chi connectivity index (χ1v) is 10.1. The van der Waals surface area contributed by atoms with Gasteiger partial charge in [-0.2, -0.15) is 0 Å². The Bertz CT molecular complexity index is 975. The summed E-state index contributed by atoms with van der Waals surface area (Å²) in [5.74, 6) is -0.397. The number of amides is 1. The second kappa shape index (κ2) is 10.6. The molecular formula is C23H26N2O7. The van der Waals surface area contributed by atoms with Gasteiger partial charge < -0.3 is 24.7 Å². The molecule has 9 nitrogen and oxygen atoms in total. The molecule has 1 aliphatic heterocycles. The standard InChI is InChI=1S/C23H26N2O7/c1-29-21(26)10-16-3-6-17(11-22(27)30-2)20(9-16)31-14-19-13-25(23(28)32-19)18-7-4-15(12-24)5-8-18/h3-9,19H,10-14,24H2,1-2H3. The maximum atomic E-state index is 12.3. The van der Waals surface area contributed by atoms with Crippen LogP contribution in [0.4, 0.5) is 10.5 Å². The summed E-state index contributed by atoms with van der Waals surface area (Å²) < 4.78 is 20.8. The number of esters is 2. The molecule has 0 aliphatic carbocycles. The van der Waals surface area contributed by atoms with E-state index >= 15 is 0 Å². The molecule has 0 spiro atoms. The van der Waals surface area contributed by atoms with E-state index in [-0.39, 0.29) is 19.4 Å². The first kappa shape index (κ1) is 23.1. The van der Waals surface area contributed by atoms with Crippen LogP contribution in [0.5, 0.6) is 5.75 Å². The third-order valence-corrected chi connectivity index (χ3v) is 5.05. The fraction of sp³-hybridized carbons (Fsp3) is 0.348. The van der Waals surface area contributed by atoms with Gasteiger partial charge in [-0.1, -0.05) is 24.3 Å². The first-order chi connectivity index (χ1) is 15.4. The quantitative estimate of drug-likeness (QED) is 0.463. The first-order valence-electron chi connectivity index (χ1n) is 10.1. The number of carbonyl (C=O) groups is 3. The Labute approximate surface area is 186 Å². The zero-order valence-corrected chi connectivity index (χ0v) is 18.0. The number of hydrogen-bond acceptors (Lipinski definition) is 8. The molecule has 1 fully saturated rings. The van der Waals surface area contributed by atoms with Gasteiger partial charge in [0.1, 0.15) is 12.4 Å². The van der Waals surface area contributed by atoms with Crippen LogP contribution >= 0.6 is 0 Å². The Balaban J connectivity index is 1.69. The predicted octanol–water partition coefficient (Wildman–Crippen LogP) is 1.98. The fourth-order valence-electron chi connectivity index (χ4n) is 3.27. The number of anilines is 1. The highest BCUT2D eigenvalue weighted by Crippen LogP contribution is 2.25. The van der Waals surface area contributed by atoms with Gasteiger partial charge in [-0.25, -0.2) is 4.79 Å². The minimum atomic E-state index is -0.507. The van der Waals surface area contributed by atoms with E-state index in [2.05, 4.69) is 0 Å². The molecule has 2 N–H and O–H groups in total. The summed E-state index contributed by atoms with van der Waals surface area (Å²) in [6.45, 7) is 0.818. The predicted molar refractivity (Wildman–Crippen MR) is 115 cm³/mol. The molecule has 170 valence electrons. The normalized spacial score (nSPS) is 15.3. The van der Waals surface area contributed by atoms with Crippen molar-refractivity contribution in [1.82, 2.24) is 0 Å². The van der Waals surface area contributed by atoms with Crippen molar-refractivity contribution in [3.05, 3.63) is 59.2 Å². The summed E-state index contributed by atoms with van der Waals surface area (Å²) in [7, 11) is 2.62. The zero-order valence-electron chi connectivity index (χ0n) is 18.0. The lowest BCUT2D eigenvalue weighted by atomic mass is 10.1. The Morgan fingerprint density at radius 1 is 1.03 bits per heavy atom. The minimum absolute atomic E-state index is 0.00834. The van der Waals surface area contributed by atoms with E-state index < -0.39 is 24.1 Å². The Morgan fingerprint density at radius 2 is 1.69 bits per heavy atom. The Hall–Kier alpha value is -3.59. The molecule has 1 amide bonds. The lowest BCUT2D eigenvalue weighted by Crippen LogP contribution is -2.26. The summed E-state index contributed by atoms with van der Waals surface area (Å²) in [5.41, 5.74) is 8.56. The van der Waals surface area contributed by atoms with Crippen LogP contribution in [0.3, 0.4) is 0 Å². The highest BCUT2D eigenvalue weighted by atomic mass is 16.6. The molecule has 2 aromatic carbocycles. The molecule has 1 saturated heterocycles. The molecule has 0 radical (unpaired) electrons. The Kier molecular flexibility index (Phi) is 7.67. The van der Waals surface area contributed by atoms with Crippen LogP contribution in [0.15, 0.2) is 42.5 Å². The van der Waals surface area contributed by atoms with E-state index in [9.17, 15) is 14.4 Å². The van der Waals surface area contributed by atoms with E-state index in [0.717, 1.165) is 5.56 Å². The van der Waals surface area contributed by atoms with Crippen LogP contribution in [0.25, 0.3) is 0 Å². The van der Waals surface area contributed by atoms with Gasteiger partial charge in [-0.05, 0) is 29.3 Å². The van der Waals surface area contributed by atoms with Crippen molar-refractivity contribution in [2.75, 3.05) is 32.3 Å². The van der Waals surface area contributed by atoms with E-state index in [0.29, 0.717) is 35.7 Å². The second-order valence-electron chi connectivity index (χ2n) is 7.25. The van der Waals surface area contributed by atoms with Crippen LogP contribution in [0, 0.1) is 0 Å². The second-order valence-corrected chi connectivity index (χ2v) is 7.25. The third-order valence-electron chi connectivity index (χ3n) is 5.05. The molecule has 1 atom stereocenters. The Morgan fingerprint density at radius 3 is 2.34 bits per heavy atom. The summed E-state index contributed by atoms with van der Waals surface area (Å²) in [6.07, 6.45) is -0.898. The molecule has 9 heteroatoms. The number of hydrogen-bond donors (Lipinski definition) is 1. The van der Waals surface area contributed by atoms with E-state index in [1.807, 2.05) is 24.3 Å². The fourth-order valence-corrected chi connectivity index (χ4v) is 3.27. The maximum Gasteiger partial charge on any atom is 0.414 e. The SMILES string of the molecule is COC(=O)Cc1ccc(CC(=O)OC)c(OCC2CN(c3ccc(CN)cc3)C(=O)O2)c1. The van der Waals surface area contributed by atoms with E-state index in [4.69, 9.17) is 24.7 Å². The van der Waals surface area contributed by atoms with Crippen LogP contribution < -0.4 is 15.4 Å². The van der Waals surface area contributed by atoms with Crippen LogP contribution in [0.2, 0.25) is 0 Å². The molecule has 0 bridgehead atoms.